The summed E-state index contributed by atoms with van der Waals surface area (Å²) in [6.45, 7) is 5.35. The number of halogens is 2. The molecule has 0 aliphatic carbocycles. The molecule has 0 bridgehead atoms. The molecule has 0 saturated heterocycles. The maximum absolute atomic E-state index is 13.9. The molecule has 1 atom stereocenters. The van der Waals surface area contributed by atoms with E-state index in [0.29, 0.717) is 24.5 Å². The van der Waals surface area contributed by atoms with Crippen LogP contribution in [-0.2, 0) is 26.2 Å². The van der Waals surface area contributed by atoms with E-state index in [1.54, 1.807) is 26.0 Å². The molecule has 3 aromatic carbocycles. The molecule has 0 radical (unpaired) electrons. The first-order valence-corrected chi connectivity index (χ1v) is 14.4. The van der Waals surface area contributed by atoms with Crippen molar-refractivity contribution in [2.75, 3.05) is 24.0 Å². The highest BCUT2D eigenvalue weighted by Crippen LogP contribution is 2.27. The molecule has 0 aliphatic rings. The Kier molecular flexibility index (Phi) is 10.6. The van der Waals surface area contributed by atoms with Gasteiger partial charge in [-0.25, -0.2) is 17.2 Å². The molecule has 0 spiro atoms. The van der Waals surface area contributed by atoms with Gasteiger partial charge in [-0.15, -0.1) is 0 Å². The van der Waals surface area contributed by atoms with Crippen molar-refractivity contribution in [2.24, 2.45) is 0 Å². The Bertz CT molecular complexity index is 1380. The van der Waals surface area contributed by atoms with Gasteiger partial charge in [-0.1, -0.05) is 19.1 Å². The number of hydrogen-bond donors (Lipinski definition) is 1. The fraction of sp³-hybridized carbons (Fsp3) is 0.310. The van der Waals surface area contributed by atoms with E-state index >= 15 is 0 Å². The highest BCUT2D eigenvalue weighted by Gasteiger charge is 2.33. The Labute approximate surface area is 233 Å². The van der Waals surface area contributed by atoms with Crippen LogP contribution in [0.25, 0.3) is 0 Å². The van der Waals surface area contributed by atoms with Crippen molar-refractivity contribution in [1.29, 1.82) is 0 Å². The van der Waals surface area contributed by atoms with Gasteiger partial charge in [0.15, 0.2) is 0 Å². The molecule has 214 valence electrons. The minimum Gasteiger partial charge on any atom is -0.494 e. The van der Waals surface area contributed by atoms with Crippen LogP contribution in [0.3, 0.4) is 0 Å². The first kappa shape index (κ1) is 30.6. The Hall–Kier alpha value is -3.99. The van der Waals surface area contributed by atoms with Gasteiger partial charge in [-0.3, -0.25) is 13.9 Å². The lowest BCUT2D eigenvalue weighted by molar-refractivity contribution is -0.140. The summed E-state index contributed by atoms with van der Waals surface area (Å²) in [5.41, 5.74) is 0.737. The topological polar surface area (TPSA) is 96.0 Å². The number of amides is 2. The molecule has 11 heteroatoms. The van der Waals surface area contributed by atoms with Crippen LogP contribution in [-0.4, -0.2) is 50.9 Å². The van der Waals surface area contributed by atoms with Gasteiger partial charge in [-0.2, -0.15) is 0 Å². The van der Waals surface area contributed by atoms with E-state index in [2.05, 4.69) is 5.32 Å². The van der Waals surface area contributed by atoms with Crippen molar-refractivity contribution >= 4 is 27.5 Å². The second kappa shape index (κ2) is 13.9. The lowest BCUT2D eigenvalue weighted by Gasteiger charge is -2.33. The lowest BCUT2D eigenvalue weighted by Crippen LogP contribution is -2.52. The summed E-state index contributed by atoms with van der Waals surface area (Å²) in [6.07, 6.45) is 0.256. The monoisotopic (exact) mass is 573 g/mol. The third kappa shape index (κ3) is 7.56. The number of benzene rings is 3. The van der Waals surface area contributed by atoms with Crippen LogP contribution >= 0.6 is 0 Å². The molecule has 0 aliphatic heterocycles. The van der Waals surface area contributed by atoms with Crippen molar-refractivity contribution in [3.63, 3.8) is 0 Å². The number of likely N-dealkylation sites (N-methyl/N-ethyl adjacent to an activating group) is 1. The molecule has 2 amide bonds. The normalized spacial score (nSPS) is 11.9. The first-order chi connectivity index (χ1) is 19.1. The summed E-state index contributed by atoms with van der Waals surface area (Å²) in [4.78, 5) is 27.9. The van der Waals surface area contributed by atoms with Crippen LogP contribution < -0.4 is 14.4 Å². The van der Waals surface area contributed by atoms with Crippen molar-refractivity contribution < 1.29 is 31.5 Å². The number of nitrogens with one attached hydrogen (secondary N) is 1. The molecule has 0 unspecified atom stereocenters. The second-order valence-electron chi connectivity index (χ2n) is 8.86. The predicted molar refractivity (Wildman–Crippen MR) is 148 cm³/mol. The van der Waals surface area contributed by atoms with Crippen molar-refractivity contribution in [3.8, 4) is 5.75 Å². The van der Waals surface area contributed by atoms with E-state index in [-0.39, 0.29) is 23.5 Å². The quantitative estimate of drug-likeness (QED) is 0.325. The molecular formula is C29H33F2N3O5S. The van der Waals surface area contributed by atoms with E-state index in [4.69, 9.17) is 4.74 Å². The molecule has 40 heavy (non-hydrogen) atoms. The fourth-order valence-electron chi connectivity index (χ4n) is 4.14. The minimum atomic E-state index is -4.34. The number of sulfonamides is 1. The highest BCUT2D eigenvalue weighted by molar-refractivity contribution is 7.92. The van der Waals surface area contributed by atoms with Crippen molar-refractivity contribution in [3.05, 3.63) is 90.0 Å². The molecule has 0 fully saturated rings. The average Bonchev–Trinajstić information content (AvgIpc) is 2.93. The summed E-state index contributed by atoms with van der Waals surface area (Å²) in [5, 5.41) is 2.72. The maximum atomic E-state index is 13.9. The van der Waals surface area contributed by atoms with Gasteiger partial charge in [0.25, 0.3) is 10.0 Å². The molecule has 8 nitrogen and oxygen atoms in total. The molecule has 3 rings (SSSR count). The first-order valence-electron chi connectivity index (χ1n) is 12.9. The number of hydrogen-bond acceptors (Lipinski definition) is 5. The zero-order valence-corrected chi connectivity index (χ0v) is 23.5. The van der Waals surface area contributed by atoms with E-state index in [9.17, 15) is 26.8 Å². The maximum Gasteiger partial charge on any atom is 0.264 e. The summed E-state index contributed by atoms with van der Waals surface area (Å²) >= 11 is 0. The smallest absolute Gasteiger partial charge is 0.264 e. The van der Waals surface area contributed by atoms with Crippen LogP contribution in [0.1, 0.15) is 32.8 Å². The molecule has 0 saturated carbocycles. The molecule has 0 heterocycles. The van der Waals surface area contributed by atoms with E-state index in [1.165, 1.54) is 41.3 Å². The fourth-order valence-corrected chi connectivity index (χ4v) is 5.55. The predicted octanol–water partition coefficient (Wildman–Crippen LogP) is 4.50. The third-order valence-corrected chi connectivity index (χ3v) is 7.91. The summed E-state index contributed by atoms with van der Waals surface area (Å²) < 4.78 is 61.0. The van der Waals surface area contributed by atoms with Gasteiger partial charge >= 0.3 is 0 Å². The standard InChI is InChI=1S/C29H33F2N3O5S/c1-4-27(29(36)32-5-2)33(19-21-7-9-22(30)10-8-21)28(35)20-34(24-13-15-25(16-14-24)39-6-3)40(37,38)26-17-11-23(31)12-18-26/h7-18,27H,4-6,19-20H2,1-3H3,(H,32,36)/t27-/m0/s1. The van der Waals surface area contributed by atoms with Crippen molar-refractivity contribution in [2.45, 2.75) is 44.7 Å². The van der Waals surface area contributed by atoms with Crippen LogP contribution in [0.4, 0.5) is 14.5 Å². The van der Waals surface area contributed by atoms with Crippen LogP contribution in [0.15, 0.2) is 77.7 Å². The van der Waals surface area contributed by atoms with E-state index in [1.807, 2.05) is 6.92 Å². The Morgan fingerprint density at radius 2 is 1.45 bits per heavy atom. The number of anilines is 1. The Balaban J connectivity index is 2.05. The van der Waals surface area contributed by atoms with E-state index < -0.39 is 46.1 Å². The lowest BCUT2D eigenvalue weighted by atomic mass is 10.1. The highest BCUT2D eigenvalue weighted by atomic mass is 32.2. The van der Waals surface area contributed by atoms with Gasteiger partial charge in [0, 0.05) is 13.1 Å². The van der Waals surface area contributed by atoms with Crippen molar-refractivity contribution in [1.82, 2.24) is 10.2 Å². The third-order valence-electron chi connectivity index (χ3n) is 6.12. The average molecular weight is 574 g/mol. The number of rotatable bonds is 13. The van der Waals surface area contributed by atoms with E-state index in [0.717, 1.165) is 28.6 Å². The largest absolute Gasteiger partial charge is 0.494 e. The molecular weight excluding hydrogens is 540 g/mol. The second-order valence-corrected chi connectivity index (χ2v) is 10.7. The molecule has 3 aromatic rings. The molecule has 0 aromatic heterocycles. The number of carbonyl (C=O) groups is 2. The van der Waals surface area contributed by atoms with Gasteiger partial charge < -0.3 is 15.0 Å². The van der Waals surface area contributed by atoms with Crippen LogP contribution in [0.2, 0.25) is 0 Å². The molecule has 1 N–H and O–H groups in total. The summed E-state index contributed by atoms with van der Waals surface area (Å²) in [6, 6.07) is 15.0. The minimum absolute atomic E-state index is 0.0531. The van der Waals surface area contributed by atoms with Gasteiger partial charge in [-0.05, 0) is 86.5 Å². The SMILES string of the molecule is CCNC(=O)[C@H](CC)N(Cc1ccc(F)cc1)C(=O)CN(c1ccc(OCC)cc1)S(=O)(=O)c1ccc(F)cc1. The van der Waals surface area contributed by atoms with Crippen LogP contribution in [0, 0.1) is 11.6 Å². The van der Waals surface area contributed by atoms with Gasteiger partial charge in [0.2, 0.25) is 11.8 Å². The summed E-state index contributed by atoms with van der Waals surface area (Å²) in [5.74, 6) is -1.60. The zero-order chi connectivity index (χ0) is 29.3. The number of nitrogens with zero attached hydrogens (tertiary/aromatic N) is 2. The van der Waals surface area contributed by atoms with Crippen LogP contribution in [0.5, 0.6) is 5.75 Å². The van der Waals surface area contributed by atoms with Gasteiger partial charge in [0.1, 0.15) is 30.0 Å². The van der Waals surface area contributed by atoms with Gasteiger partial charge in [0.05, 0.1) is 17.2 Å². The Morgan fingerprint density at radius 1 is 0.875 bits per heavy atom. The Morgan fingerprint density at radius 3 is 1.98 bits per heavy atom. The number of ether oxygens (including phenoxy) is 1. The zero-order valence-electron chi connectivity index (χ0n) is 22.6. The summed E-state index contributed by atoms with van der Waals surface area (Å²) in [7, 11) is -4.34. The number of carbonyl (C=O) groups excluding carboxylic acids is 2.